The van der Waals surface area contributed by atoms with Gasteiger partial charge >= 0.3 is 0 Å². The monoisotopic (exact) mass is 278 g/mol. The number of carbonyl (C=O) groups is 1. The van der Waals surface area contributed by atoms with Crippen LogP contribution in [0, 0.1) is 6.92 Å². The molecule has 1 amide bonds. The number of aromatic nitrogens is 1. The van der Waals surface area contributed by atoms with E-state index in [1.165, 1.54) is 0 Å². The third-order valence-electron chi connectivity index (χ3n) is 2.76. The van der Waals surface area contributed by atoms with Crippen LogP contribution in [0.5, 0.6) is 0 Å². The van der Waals surface area contributed by atoms with Crippen LogP contribution in [-0.4, -0.2) is 23.0 Å². The highest BCUT2D eigenvalue weighted by Crippen LogP contribution is 2.22. The summed E-state index contributed by atoms with van der Waals surface area (Å²) in [7, 11) is 1.70. The summed E-state index contributed by atoms with van der Waals surface area (Å²) in [5.74, 6) is 0.565. The minimum absolute atomic E-state index is 0.159. The molecule has 100 valence electrons. The van der Waals surface area contributed by atoms with Crippen molar-refractivity contribution in [2.45, 2.75) is 18.8 Å². The molecule has 0 spiro atoms. The van der Waals surface area contributed by atoms with Crippen LogP contribution in [0.15, 0.2) is 40.9 Å². The van der Waals surface area contributed by atoms with Crippen molar-refractivity contribution < 1.29 is 9.32 Å². The zero-order valence-electron chi connectivity index (χ0n) is 10.8. The average Bonchev–Trinajstić information content (AvgIpc) is 2.83. The number of alkyl halides is 1. The molecule has 0 saturated heterocycles. The molecule has 1 atom stereocenters. The molecule has 4 nitrogen and oxygen atoms in total. The Morgan fingerprint density at radius 3 is 2.68 bits per heavy atom. The van der Waals surface area contributed by atoms with Crippen LogP contribution in [-0.2, 0) is 11.3 Å². The molecule has 0 bridgehead atoms. The minimum atomic E-state index is -0.681. The van der Waals surface area contributed by atoms with E-state index < -0.39 is 5.38 Å². The normalized spacial score (nSPS) is 12.2. The standard InChI is InChI=1S/C14H15ClN2O2/c1-10-8-12(16-19-10)9-17(2)14(18)13(15)11-6-4-3-5-7-11/h3-8,13H,9H2,1-2H3. The first-order valence-corrected chi connectivity index (χ1v) is 6.38. The van der Waals surface area contributed by atoms with Gasteiger partial charge in [0.05, 0.1) is 6.54 Å². The second kappa shape index (κ2) is 5.89. The van der Waals surface area contributed by atoms with Crippen molar-refractivity contribution in [2.75, 3.05) is 7.05 Å². The molecule has 5 heteroatoms. The van der Waals surface area contributed by atoms with Crippen LogP contribution in [0.3, 0.4) is 0 Å². The summed E-state index contributed by atoms with van der Waals surface area (Å²) in [5.41, 5.74) is 1.50. The summed E-state index contributed by atoms with van der Waals surface area (Å²) in [6.45, 7) is 2.19. The molecule has 0 saturated carbocycles. The number of aryl methyl sites for hydroxylation is 1. The molecular weight excluding hydrogens is 264 g/mol. The molecule has 0 fully saturated rings. The highest BCUT2D eigenvalue weighted by Gasteiger charge is 2.21. The lowest BCUT2D eigenvalue weighted by Crippen LogP contribution is -2.29. The van der Waals surface area contributed by atoms with Gasteiger partial charge in [-0.3, -0.25) is 4.79 Å². The Kier molecular flexibility index (Phi) is 4.22. The van der Waals surface area contributed by atoms with Gasteiger partial charge in [0.25, 0.3) is 0 Å². The third-order valence-corrected chi connectivity index (χ3v) is 3.20. The van der Waals surface area contributed by atoms with Crippen LogP contribution in [0.2, 0.25) is 0 Å². The van der Waals surface area contributed by atoms with Gasteiger partial charge in [0, 0.05) is 13.1 Å². The van der Waals surface area contributed by atoms with E-state index in [2.05, 4.69) is 5.16 Å². The maximum absolute atomic E-state index is 12.2. The number of nitrogens with zero attached hydrogens (tertiary/aromatic N) is 2. The topological polar surface area (TPSA) is 46.3 Å². The molecule has 1 heterocycles. The molecule has 0 aliphatic rings. The first kappa shape index (κ1) is 13.6. The lowest BCUT2D eigenvalue weighted by Gasteiger charge is -2.19. The van der Waals surface area contributed by atoms with E-state index >= 15 is 0 Å². The van der Waals surface area contributed by atoms with E-state index in [1.54, 1.807) is 18.0 Å². The fraction of sp³-hybridized carbons (Fsp3) is 0.286. The SMILES string of the molecule is Cc1cc(CN(C)C(=O)C(Cl)c2ccccc2)no1. The van der Waals surface area contributed by atoms with Crippen molar-refractivity contribution in [3.05, 3.63) is 53.4 Å². The largest absolute Gasteiger partial charge is 0.361 e. The summed E-state index contributed by atoms with van der Waals surface area (Å²) in [4.78, 5) is 13.7. The van der Waals surface area contributed by atoms with E-state index in [4.69, 9.17) is 16.1 Å². The lowest BCUT2D eigenvalue weighted by molar-refractivity contribution is -0.130. The van der Waals surface area contributed by atoms with E-state index in [1.807, 2.05) is 37.3 Å². The van der Waals surface area contributed by atoms with Gasteiger partial charge in [-0.05, 0) is 12.5 Å². The predicted molar refractivity (Wildman–Crippen MR) is 72.8 cm³/mol. The molecule has 0 radical (unpaired) electrons. The minimum Gasteiger partial charge on any atom is -0.361 e. The Morgan fingerprint density at radius 1 is 1.42 bits per heavy atom. The summed E-state index contributed by atoms with van der Waals surface area (Å²) in [6.07, 6.45) is 0. The molecule has 1 unspecified atom stereocenters. The molecule has 2 rings (SSSR count). The number of likely N-dealkylation sites (N-methyl/N-ethyl adjacent to an activating group) is 1. The molecule has 0 aliphatic carbocycles. The summed E-state index contributed by atoms with van der Waals surface area (Å²) in [6, 6.07) is 11.1. The van der Waals surface area contributed by atoms with Gasteiger partial charge < -0.3 is 9.42 Å². The molecule has 0 N–H and O–H groups in total. The molecule has 0 aliphatic heterocycles. The van der Waals surface area contributed by atoms with Gasteiger partial charge in [0.2, 0.25) is 5.91 Å². The molecule has 1 aromatic heterocycles. The van der Waals surface area contributed by atoms with Crippen molar-refractivity contribution in [2.24, 2.45) is 0 Å². The fourth-order valence-corrected chi connectivity index (χ4v) is 2.08. The first-order chi connectivity index (χ1) is 9.08. The average molecular weight is 279 g/mol. The van der Waals surface area contributed by atoms with Gasteiger partial charge in [-0.15, -0.1) is 11.6 Å². The van der Waals surface area contributed by atoms with Crippen LogP contribution in [0.25, 0.3) is 0 Å². The van der Waals surface area contributed by atoms with Crippen molar-refractivity contribution in [1.29, 1.82) is 0 Å². The number of carbonyl (C=O) groups excluding carboxylic acids is 1. The van der Waals surface area contributed by atoms with Gasteiger partial charge in [-0.25, -0.2) is 0 Å². The second-order valence-corrected chi connectivity index (χ2v) is 4.83. The van der Waals surface area contributed by atoms with E-state index in [9.17, 15) is 4.79 Å². The quantitative estimate of drug-likeness (QED) is 0.808. The highest BCUT2D eigenvalue weighted by atomic mass is 35.5. The van der Waals surface area contributed by atoms with Crippen molar-refractivity contribution >= 4 is 17.5 Å². The number of rotatable bonds is 4. The van der Waals surface area contributed by atoms with Gasteiger partial charge in [-0.1, -0.05) is 35.5 Å². The Balaban J connectivity index is 2.03. The number of amides is 1. The maximum atomic E-state index is 12.2. The van der Waals surface area contributed by atoms with Crippen LogP contribution in [0.1, 0.15) is 22.4 Å². The molecular formula is C14H15ClN2O2. The van der Waals surface area contributed by atoms with Crippen LogP contribution < -0.4 is 0 Å². The van der Waals surface area contributed by atoms with Crippen molar-refractivity contribution in [3.8, 4) is 0 Å². The summed E-state index contributed by atoms with van der Waals surface area (Å²) in [5, 5.41) is 3.18. The predicted octanol–water partition coefficient (Wildman–Crippen LogP) is 2.92. The van der Waals surface area contributed by atoms with E-state index in [0.29, 0.717) is 12.2 Å². The Morgan fingerprint density at radius 2 is 2.11 bits per heavy atom. The lowest BCUT2D eigenvalue weighted by atomic mass is 10.1. The second-order valence-electron chi connectivity index (χ2n) is 4.40. The van der Waals surface area contributed by atoms with Gasteiger partial charge in [0.15, 0.2) is 0 Å². The molecule has 2 aromatic rings. The Bertz CT molecular complexity index is 554. The molecule has 19 heavy (non-hydrogen) atoms. The number of hydrogen-bond acceptors (Lipinski definition) is 3. The van der Waals surface area contributed by atoms with E-state index in [0.717, 1.165) is 11.3 Å². The van der Waals surface area contributed by atoms with Crippen molar-refractivity contribution in [1.82, 2.24) is 10.1 Å². The molecule has 1 aromatic carbocycles. The maximum Gasteiger partial charge on any atom is 0.245 e. The van der Waals surface area contributed by atoms with Crippen LogP contribution in [0.4, 0.5) is 0 Å². The summed E-state index contributed by atoms with van der Waals surface area (Å²) >= 11 is 6.19. The number of halogens is 1. The fourth-order valence-electron chi connectivity index (χ4n) is 1.77. The highest BCUT2D eigenvalue weighted by molar-refractivity contribution is 6.30. The van der Waals surface area contributed by atoms with Gasteiger partial charge in [0.1, 0.15) is 16.8 Å². The van der Waals surface area contributed by atoms with E-state index in [-0.39, 0.29) is 5.91 Å². The van der Waals surface area contributed by atoms with Crippen molar-refractivity contribution in [3.63, 3.8) is 0 Å². The number of hydrogen-bond donors (Lipinski definition) is 0. The summed E-state index contributed by atoms with van der Waals surface area (Å²) < 4.78 is 4.97. The first-order valence-electron chi connectivity index (χ1n) is 5.94. The van der Waals surface area contributed by atoms with Gasteiger partial charge in [-0.2, -0.15) is 0 Å². The Labute approximate surface area is 117 Å². The zero-order valence-corrected chi connectivity index (χ0v) is 11.6. The smallest absolute Gasteiger partial charge is 0.245 e. The zero-order chi connectivity index (χ0) is 13.8. The third kappa shape index (κ3) is 3.35. The Hall–Kier alpha value is -1.81. The van der Waals surface area contributed by atoms with Crippen LogP contribution >= 0.6 is 11.6 Å². The number of benzene rings is 1.